The predicted molar refractivity (Wildman–Crippen MR) is 126 cm³/mol. The van der Waals surface area contributed by atoms with E-state index in [1.807, 2.05) is 0 Å². The van der Waals surface area contributed by atoms with Gasteiger partial charge in [-0.25, -0.2) is 16.8 Å². The van der Waals surface area contributed by atoms with Gasteiger partial charge >= 0.3 is 0 Å². The van der Waals surface area contributed by atoms with Crippen LogP contribution in [0.1, 0.15) is 12.6 Å². The van der Waals surface area contributed by atoms with E-state index in [1.165, 1.54) is 42.2 Å². The van der Waals surface area contributed by atoms with E-state index >= 15 is 0 Å². The van der Waals surface area contributed by atoms with Crippen LogP contribution in [0.15, 0.2) is 77.7 Å². The lowest BCUT2D eigenvalue weighted by molar-refractivity contribution is -0.116. The first-order chi connectivity index (χ1) is 15.7. The number of anilines is 1. The Morgan fingerprint density at radius 3 is 2.42 bits per heavy atom. The zero-order chi connectivity index (χ0) is 23.8. The van der Waals surface area contributed by atoms with Crippen molar-refractivity contribution >= 4 is 44.1 Å². The second-order valence-electron chi connectivity index (χ2n) is 7.40. The van der Waals surface area contributed by atoms with E-state index in [9.17, 15) is 17.6 Å². The Bertz CT molecular complexity index is 1450. The minimum atomic E-state index is -4.14. The summed E-state index contributed by atoms with van der Waals surface area (Å²) in [4.78, 5) is 12.9. The first kappa shape index (κ1) is 22.8. The zero-order valence-corrected chi connectivity index (χ0v) is 19.4. The number of hydrogen-bond donors (Lipinski definition) is 0. The summed E-state index contributed by atoms with van der Waals surface area (Å²) >= 11 is 6.17. The number of carbonyl (C=O) groups excluding carboxylic acids is 1. The molecule has 0 aliphatic rings. The molecular weight excluding hydrogens is 467 g/mol. The monoisotopic (exact) mass is 486 g/mol. The minimum Gasteiger partial charge on any atom is -0.487 e. The van der Waals surface area contributed by atoms with Crippen molar-refractivity contribution in [3.05, 3.63) is 89.3 Å². The van der Waals surface area contributed by atoms with Crippen LogP contribution in [0.5, 0.6) is 5.75 Å². The van der Waals surface area contributed by atoms with Gasteiger partial charge in [0.05, 0.1) is 16.2 Å². The summed E-state index contributed by atoms with van der Waals surface area (Å²) in [6.45, 7) is 1.37. The molecule has 1 heterocycles. The van der Waals surface area contributed by atoms with Gasteiger partial charge in [0.2, 0.25) is 5.91 Å². The first-order valence-corrected chi connectivity index (χ1v) is 11.8. The lowest BCUT2D eigenvalue weighted by atomic mass is 10.2. The molecule has 170 valence electrons. The van der Waals surface area contributed by atoms with Gasteiger partial charge in [0, 0.05) is 25.0 Å². The fourth-order valence-corrected chi connectivity index (χ4v) is 5.47. The van der Waals surface area contributed by atoms with Crippen LogP contribution < -0.4 is 9.64 Å². The molecule has 3 aromatic carbocycles. The van der Waals surface area contributed by atoms with E-state index in [1.54, 1.807) is 49.5 Å². The average molecular weight is 487 g/mol. The van der Waals surface area contributed by atoms with Gasteiger partial charge < -0.3 is 9.64 Å². The van der Waals surface area contributed by atoms with Gasteiger partial charge in [-0.3, -0.25) is 4.79 Å². The Morgan fingerprint density at radius 2 is 1.76 bits per heavy atom. The average Bonchev–Trinajstić information content (AvgIpc) is 3.16. The molecule has 6 nitrogen and oxygen atoms in total. The smallest absolute Gasteiger partial charge is 0.270 e. The molecule has 1 aromatic heterocycles. The third kappa shape index (κ3) is 4.44. The number of benzene rings is 3. The fraction of sp³-hybridized carbons (Fsp3) is 0.125. The molecule has 33 heavy (non-hydrogen) atoms. The molecule has 0 atom stereocenters. The Labute approximate surface area is 195 Å². The van der Waals surface area contributed by atoms with E-state index in [4.69, 9.17) is 16.3 Å². The summed E-state index contributed by atoms with van der Waals surface area (Å²) in [6, 6.07) is 18.5. The van der Waals surface area contributed by atoms with Gasteiger partial charge in [-0.1, -0.05) is 23.7 Å². The second kappa shape index (κ2) is 8.88. The number of halogens is 2. The van der Waals surface area contributed by atoms with Crippen LogP contribution in [0.3, 0.4) is 0 Å². The van der Waals surface area contributed by atoms with Gasteiger partial charge in [0.15, 0.2) is 0 Å². The first-order valence-electron chi connectivity index (χ1n) is 9.95. The molecule has 0 unspecified atom stereocenters. The Hall–Kier alpha value is -3.36. The highest BCUT2D eigenvalue weighted by molar-refractivity contribution is 7.90. The van der Waals surface area contributed by atoms with Crippen LogP contribution >= 0.6 is 11.6 Å². The van der Waals surface area contributed by atoms with E-state index in [0.29, 0.717) is 22.5 Å². The highest BCUT2D eigenvalue weighted by Gasteiger charge is 2.25. The lowest BCUT2D eigenvalue weighted by Crippen LogP contribution is -2.22. The maximum atomic E-state index is 14.0. The molecule has 1 amide bonds. The van der Waals surface area contributed by atoms with E-state index < -0.39 is 15.8 Å². The van der Waals surface area contributed by atoms with Crippen molar-refractivity contribution in [3.8, 4) is 5.75 Å². The van der Waals surface area contributed by atoms with E-state index in [0.717, 1.165) is 3.97 Å². The number of carbonyl (C=O) groups is 1. The third-order valence-corrected chi connectivity index (χ3v) is 7.50. The van der Waals surface area contributed by atoms with Crippen molar-refractivity contribution in [1.29, 1.82) is 0 Å². The van der Waals surface area contributed by atoms with Gasteiger partial charge in [-0.05, 0) is 60.7 Å². The molecule has 0 radical (unpaired) electrons. The molecular formula is C24H20ClFN2O4S. The Balaban J connectivity index is 1.73. The van der Waals surface area contributed by atoms with Gasteiger partial charge in [-0.2, -0.15) is 0 Å². The molecule has 0 spiro atoms. The van der Waals surface area contributed by atoms with E-state index in [2.05, 4.69) is 0 Å². The van der Waals surface area contributed by atoms with Crippen LogP contribution in [0.4, 0.5) is 10.1 Å². The van der Waals surface area contributed by atoms with Gasteiger partial charge in [0.25, 0.3) is 10.0 Å². The summed E-state index contributed by atoms with van der Waals surface area (Å²) < 4.78 is 47.9. The van der Waals surface area contributed by atoms with Crippen LogP contribution in [0.25, 0.3) is 10.9 Å². The topological polar surface area (TPSA) is 68.6 Å². The van der Waals surface area contributed by atoms with Gasteiger partial charge in [-0.15, -0.1) is 0 Å². The fourth-order valence-electron chi connectivity index (χ4n) is 3.45. The molecule has 0 aliphatic carbocycles. The predicted octanol–water partition coefficient (Wildman–Crippen LogP) is 5.23. The number of rotatable bonds is 6. The number of ether oxygens (including phenoxy) is 1. The summed E-state index contributed by atoms with van der Waals surface area (Å²) in [5.41, 5.74) is 1.19. The molecule has 0 aliphatic heterocycles. The van der Waals surface area contributed by atoms with Crippen molar-refractivity contribution in [2.45, 2.75) is 18.4 Å². The molecule has 0 saturated carbocycles. The molecule has 4 rings (SSSR count). The van der Waals surface area contributed by atoms with Gasteiger partial charge in [0.1, 0.15) is 23.1 Å². The number of fused-ring (bicyclic) bond motifs is 1. The maximum Gasteiger partial charge on any atom is 0.270 e. The summed E-state index contributed by atoms with van der Waals surface area (Å²) in [5.74, 6) is -0.187. The number of hydrogen-bond acceptors (Lipinski definition) is 4. The Morgan fingerprint density at radius 1 is 1.06 bits per heavy atom. The zero-order valence-electron chi connectivity index (χ0n) is 17.8. The van der Waals surface area contributed by atoms with Crippen molar-refractivity contribution < 1.29 is 22.3 Å². The van der Waals surface area contributed by atoms with Crippen LogP contribution in [-0.4, -0.2) is 25.3 Å². The van der Waals surface area contributed by atoms with Crippen LogP contribution in [0.2, 0.25) is 5.02 Å². The molecule has 9 heteroatoms. The number of amides is 1. The lowest BCUT2D eigenvalue weighted by Gasteiger charge is -2.16. The van der Waals surface area contributed by atoms with Crippen molar-refractivity contribution in [3.63, 3.8) is 0 Å². The summed E-state index contributed by atoms with van der Waals surface area (Å²) in [5, 5.41) is 0.608. The van der Waals surface area contributed by atoms with E-state index in [-0.39, 0.29) is 27.9 Å². The highest BCUT2D eigenvalue weighted by Crippen LogP contribution is 2.30. The third-order valence-electron chi connectivity index (χ3n) is 5.23. The van der Waals surface area contributed by atoms with Crippen LogP contribution in [-0.2, 0) is 21.4 Å². The van der Waals surface area contributed by atoms with Crippen molar-refractivity contribution in [2.75, 3.05) is 11.9 Å². The summed E-state index contributed by atoms with van der Waals surface area (Å²) in [7, 11) is -2.48. The van der Waals surface area contributed by atoms with Crippen molar-refractivity contribution in [2.24, 2.45) is 0 Å². The normalized spacial score (nSPS) is 11.5. The highest BCUT2D eigenvalue weighted by atomic mass is 35.5. The summed E-state index contributed by atoms with van der Waals surface area (Å²) in [6.07, 6.45) is 0. The molecule has 0 fully saturated rings. The molecule has 0 bridgehead atoms. The van der Waals surface area contributed by atoms with Crippen molar-refractivity contribution in [1.82, 2.24) is 3.97 Å². The molecule has 0 N–H and O–H groups in total. The number of aromatic nitrogens is 1. The standard InChI is InChI=1S/C24H20ClFN2O4S/c1-16(29)27(2)19-9-11-21(12-10-19)32-15-20-13-17-7-8-18(26)14-23(17)28(20)33(30,31)24-6-4-3-5-22(24)25/h3-14H,15H2,1-2H3. The van der Waals surface area contributed by atoms with Crippen LogP contribution in [0, 0.1) is 5.82 Å². The molecule has 4 aromatic rings. The minimum absolute atomic E-state index is 0.0628. The Kier molecular flexibility index (Phi) is 6.14. The maximum absolute atomic E-state index is 14.0. The largest absolute Gasteiger partial charge is 0.487 e. The quantitative estimate of drug-likeness (QED) is 0.374. The SMILES string of the molecule is CC(=O)N(C)c1ccc(OCc2cc3ccc(F)cc3n2S(=O)(=O)c2ccccc2Cl)cc1. The second-order valence-corrected chi connectivity index (χ2v) is 9.56. The molecule has 0 saturated heterocycles. The number of nitrogens with zero attached hydrogens (tertiary/aromatic N) is 2.